The van der Waals surface area contributed by atoms with Crippen LogP contribution in [0.25, 0.3) is 0 Å². The van der Waals surface area contributed by atoms with Gasteiger partial charge in [-0.3, -0.25) is 10.1 Å². The van der Waals surface area contributed by atoms with E-state index in [4.69, 9.17) is 9.47 Å². The summed E-state index contributed by atoms with van der Waals surface area (Å²) in [4.78, 5) is 10.1. The third-order valence-corrected chi connectivity index (χ3v) is 2.93. The molecule has 2 rings (SSSR count). The third kappa shape index (κ3) is 2.51. The minimum atomic E-state index is -0.437. The van der Waals surface area contributed by atoms with E-state index >= 15 is 0 Å². The van der Waals surface area contributed by atoms with Crippen molar-refractivity contribution in [2.45, 2.75) is 12.5 Å². The normalized spacial score (nSPS) is 19.7. The van der Waals surface area contributed by atoms with E-state index in [0.29, 0.717) is 23.4 Å². The van der Waals surface area contributed by atoms with Crippen LogP contribution in [0.4, 0.5) is 5.69 Å². The van der Waals surface area contributed by atoms with Gasteiger partial charge in [-0.2, -0.15) is 0 Å². The van der Waals surface area contributed by atoms with E-state index in [2.05, 4.69) is 15.9 Å². The monoisotopic (exact) mass is 287 g/mol. The van der Waals surface area contributed by atoms with E-state index in [1.165, 1.54) is 12.1 Å². The highest BCUT2D eigenvalue weighted by molar-refractivity contribution is 9.10. The van der Waals surface area contributed by atoms with Crippen LogP contribution in [0, 0.1) is 10.1 Å². The largest absolute Gasteiger partial charge is 0.487 e. The summed E-state index contributed by atoms with van der Waals surface area (Å²) in [5.41, 5.74) is 0.0434. The highest BCUT2D eigenvalue weighted by Gasteiger charge is 2.19. The Bertz CT molecular complexity index is 404. The van der Waals surface area contributed by atoms with Gasteiger partial charge < -0.3 is 9.47 Å². The van der Waals surface area contributed by atoms with Crippen LogP contribution in [-0.4, -0.2) is 24.2 Å². The van der Waals surface area contributed by atoms with E-state index in [1.807, 2.05) is 0 Å². The van der Waals surface area contributed by atoms with Gasteiger partial charge in [0.1, 0.15) is 11.9 Å². The third-order valence-electron chi connectivity index (χ3n) is 2.31. The lowest BCUT2D eigenvalue weighted by Gasteiger charge is -2.12. The van der Waals surface area contributed by atoms with Gasteiger partial charge in [-0.15, -0.1) is 0 Å². The lowest BCUT2D eigenvalue weighted by atomic mass is 10.3. The molecule has 0 bridgehead atoms. The first-order chi connectivity index (χ1) is 7.66. The van der Waals surface area contributed by atoms with Crippen LogP contribution >= 0.6 is 15.9 Å². The molecular weight excluding hydrogens is 278 g/mol. The predicted molar refractivity (Wildman–Crippen MR) is 60.6 cm³/mol. The van der Waals surface area contributed by atoms with Crippen molar-refractivity contribution in [3.05, 3.63) is 32.8 Å². The lowest BCUT2D eigenvalue weighted by Crippen LogP contribution is -2.15. The molecule has 1 atom stereocenters. The molecule has 1 saturated heterocycles. The zero-order valence-corrected chi connectivity index (χ0v) is 9.97. The molecule has 1 aliphatic rings. The minimum absolute atomic E-state index is 0.0396. The van der Waals surface area contributed by atoms with Crippen LogP contribution in [0.2, 0.25) is 0 Å². The number of ether oxygens (including phenoxy) is 2. The maximum absolute atomic E-state index is 10.5. The smallest absolute Gasteiger partial charge is 0.270 e. The molecule has 0 saturated carbocycles. The minimum Gasteiger partial charge on any atom is -0.487 e. The number of halogens is 1. The van der Waals surface area contributed by atoms with Crippen molar-refractivity contribution in [1.82, 2.24) is 0 Å². The molecule has 1 fully saturated rings. The molecule has 0 amide bonds. The summed E-state index contributed by atoms with van der Waals surface area (Å²) >= 11 is 3.25. The maximum atomic E-state index is 10.5. The van der Waals surface area contributed by atoms with Gasteiger partial charge in [-0.1, -0.05) is 0 Å². The molecule has 0 aromatic heterocycles. The van der Waals surface area contributed by atoms with Gasteiger partial charge in [0.05, 0.1) is 22.6 Å². The second-order valence-corrected chi connectivity index (χ2v) is 4.33. The Kier molecular flexibility index (Phi) is 3.40. The molecule has 16 heavy (non-hydrogen) atoms. The first-order valence-electron chi connectivity index (χ1n) is 4.85. The van der Waals surface area contributed by atoms with Crippen molar-refractivity contribution >= 4 is 21.6 Å². The Morgan fingerprint density at radius 1 is 1.56 bits per heavy atom. The molecule has 86 valence electrons. The van der Waals surface area contributed by atoms with Crippen molar-refractivity contribution < 1.29 is 14.4 Å². The lowest BCUT2D eigenvalue weighted by molar-refractivity contribution is -0.385. The van der Waals surface area contributed by atoms with Crippen molar-refractivity contribution in [2.75, 3.05) is 13.2 Å². The Labute approximate surface area is 101 Å². The molecule has 1 aromatic rings. The summed E-state index contributed by atoms with van der Waals surface area (Å²) in [5.74, 6) is 0.612. The number of hydrogen-bond acceptors (Lipinski definition) is 4. The second kappa shape index (κ2) is 4.80. The van der Waals surface area contributed by atoms with Gasteiger partial charge in [-0.05, 0) is 22.0 Å². The van der Waals surface area contributed by atoms with Crippen molar-refractivity contribution in [3.63, 3.8) is 0 Å². The van der Waals surface area contributed by atoms with Gasteiger partial charge in [0.2, 0.25) is 0 Å². The van der Waals surface area contributed by atoms with Gasteiger partial charge in [0.15, 0.2) is 0 Å². The number of hydrogen-bond donors (Lipinski definition) is 0. The van der Waals surface area contributed by atoms with Crippen molar-refractivity contribution in [2.24, 2.45) is 0 Å². The zero-order chi connectivity index (χ0) is 11.5. The van der Waals surface area contributed by atoms with Crippen LogP contribution in [0.1, 0.15) is 6.42 Å². The van der Waals surface area contributed by atoms with E-state index in [0.717, 1.165) is 6.42 Å². The fraction of sp³-hybridized carbons (Fsp3) is 0.400. The van der Waals surface area contributed by atoms with Crippen LogP contribution in [0.15, 0.2) is 22.7 Å². The summed E-state index contributed by atoms with van der Waals surface area (Å²) < 4.78 is 11.4. The highest BCUT2D eigenvalue weighted by atomic mass is 79.9. The topological polar surface area (TPSA) is 61.6 Å². The SMILES string of the molecule is O=[N+]([O-])c1ccc(O[C@@H]2CCOC2)c(Br)c1. The van der Waals surface area contributed by atoms with Crippen LogP contribution in [0.5, 0.6) is 5.75 Å². The molecule has 1 aromatic carbocycles. The van der Waals surface area contributed by atoms with E-state index in [9.17, 15) is 10.1 Å². The number of non-ortho nitro benzene ring substituents is 1. The van der Waals surface area contributed by atoms with E-state index in [-0.39, 0.29) is 11.8 Å². The van der Waals surface area contributed by atoms with Crippen LogP contribution in [-0.2, 0) is 4.74 Å². The highest BCUT2D eigenvalue weighted by Crippen LogP contribution is 2.30. The number of nitro groups is 1. The fourth-order valence-corrected chi connectivity index (χ4v) is 1.94. The van der Waals surface area contributed by atoms with Gasteiger partial charge >= 0.3 is 0 Å². The summed E-state index contributed by atoms with van der Waals surface area (Å²) in [6.45, 7) is 1.28. The molecular formula is C10H10BrNO4. The predicted octanol–water partition coefficient (Wildman–Crippen LogP) is 2.53. The van der Waals surface area contributed by atoms with E-state index in [1.54, 1.807) is 6.07 Å². The van der Waals surface area contributed by atoms with Crippen molar-refractivity contribution in [1.29, 1.82) is 0 Å². The number of nitro benzene ring substituents is 1. The molecule has 0 N–H and O–H groups in total. The van der Waals surface area contributed by atoms with Gasteiger partial charge in [-0.25, -0.2) is 0 Å². The summed E-state index contributed by atoms with van der Waals surface area (Å²) in [7, 11) is 0. The van der Waals surface area contributed by atoms with Gasteiger partial charge in [0, 0.05) is 18.6 Å². The Hall–Kier alpha value is -1.14. The molecule has 1 heterocycles. The molecule has 5 nitrogen and oxygen atoms in total. The molecule has 0 radical (unpaired) electrons. The quantitative estimate of drug-likeness (QED) is 0.633. The fourth-order valence-electron chi connectivity index (χ4n) is 1.48. The van der Waals surface area contributed by atoms with E-state index < -0.39 is 4.92 Å². The standard InChI is InChI=1S/C10H10BrNO4/c11-9-5-7(12(13)14)1-2-10(9)16-8-3-4-15-6-8/h1-2,5,8H,3-4,6H2/t8-/m1/s1. The molecule has 0 spiro atoms. The molecule has 6 heteroatoms. The molecule has 0 unspecified atom stereocenters. The number of nitrogens with zero attached hydrogens (tertiary/aromatic N) is 1. The Morgan fingerprint density at radius 2 is 2.38 bits per heavy atom. The maximum Gasteiger partial charge on any atom is 0.270 e. The Balaban J connectivity index is 2.12. The summed E-state index contributed by atoms with van der Waals surface area (Å²) in [5, 5.41) is 10.5. The van der Waals surface area contributed by atoms with Crippen LogP contribution in [0.3, 0.4) is 0 Å². The van der Waals surface area contributed by atoms with Crippen LogP contribution < -0.4 is 4.74 Å². The molecule has 0 aliphatic carbocycles. The Morgan fingerprint density at radius 3 is 2.94 bits per heavy atom. The first-order valence-corrected chi connectivity index (χ1v) is 5.64. The van der Waals surface area contributed by atoms with Crippen molar-refractivity contribution in [3.8, 4) is 5.75 Å². The zero-order valence-electron chi connectivity index (χ0n) is 8.39. The average molecular weight is 288 g/mol. The average Bonchev–Trinajstić information content (AvgIpc) is 2.73. The first kappa shape index (κ1) is 11.3. The number of benzene rings is 1. The van der Waals surface area contributed by atoms with Gasteiger partial charge in [0.25, 0.3) is 5.69 Å². The number of rotatable bonds is 3. The second-order valence-electron chi connectivity index (χ2n) is 3.48. The molecule has 1 aliphatic heterocycles. The summed E-state index contributed by atoms with van der Waals surface area (Å²) in [6.07, 6.45) is 0.890. The summed E-state index contributed by atoms with van der Waals surface area (Å²) in [6, 6.07) is 4.46.